The number of hydrogen-bond donors (Lipinski definition) is 1. The Labute approximate surface area is 161 Å². The molecule has 0 saturated heterocycles. The number of primary amides is 1. The molecule has 2 aromatic heterocycles. The molecule has 1 aromatic carbocycles. The van der Waals surface area contributed by atoms with Crippen LogP contribution in [0.15, 0.2) is 28.4 Å². The number of benzene rings is 1. The SMILES string of the molecule is CCCc1nc2scc(-c3ccc(OC)c(C)c3)c2c(=O)n1CCC(N)=O. The average molecular weight is 385 g/mol. The van der Waals surface area contributed by atoms with Crippen LogP contribution in [0.3, 0.4) is 0 Å². The third-order valence-corrected chi connectivity index (χ3v) is 5.41. The number of aromatic nitrogens is 2. The van der Waals surface area contributed by atoms with Crippen LogP contribution in [-0.2, 0) is 17.8 Å². The molecule has 0 aliphatic heterocycles. The van der Waals surface area contributed by atoms with Gasteiger partial charge in [-0.3, -0.25) is 14.2 Å². The first-order valence-electron chi connectivity index (χ1n) is 8.90. The minimum Gasteiger partial charge on any atom is -0.496 e. The first kappa shape index (κ1) is 19.1. The van der Waals surface area contributed by atoms with Gasteiger partial charge in [0, 0.05) is 30.3 Å². The number of ether oxygens (including phenoxy) is 1. The van der Waals surface area contributed by atoms with Gasteiger partial charge in [-0.2, -0.15) is 0 Å². The lowest BCUT2D eigenvalue weighted by molar-refractivity contribution is -0.118. The Morgan fingerprint density at radius 1 is 1.37 bits per heavy atom. The van der Waals surface area contributed by atoms with Crippen LogP contribution in [0.5, 0.6) is 5.75 Å². The Hall–Kier alpha value is -2.67. The molecule has 1 amide bonds. The summed E-state index contributed by atoms with van der Waals surface area (Å²) in [5, 5.41) is 2.56. The van der Waals surface area contributed by atoms with Crippen molar-refractivity contribution in [3.63, 3.8) is 0 Å². The van der Waals surface area contributed by atoms with E-state index in [0.29, 0.717) is 17.6 Å². The van der Waals surface area contributed by atoms with Crippen LogP contribution in [-0.4, -0.2) is 22.6 Å². The maximum atomic E-state index is 13.3. The van der Waals surface area contributed by atoms with Crippen molar-refractivity contribution in [3.8, 4) is 16.9 Å². The molecule has 3 aromatic rings. The molecule has 2 heterocycles. The molecule has 0 radical (unpaired) electrons. The van der Waals surface area contributed by atoms with Gasteiger partial charge in [0.25, 0.3) is 5.56 Å². The summed E-state index contributed by atoms with van der Waals surface area (Å²) in [6.45, 7) is 4.26. The van der Waals surface area contributed by atoms with Gasteiger partial charge in [-0.25, -0.2) is 4.98 Å². The van der Waals surface area contributed by atoms with Crippen molar-refractivity contribution in [1.82, 2.24) is 9.55 Å². The van der Waals surface area contributed by atoms with E-state index in [4.69, 9.17) is 15.5 Å². The van der Waals surface area contributed by atoms with Gasteiger partial charge in [-0.1, -0.05) is 13.0 Å². The molecule has 0 unspecified atom stereocenters. The lowest BCUT2D eigenvalue weighted by atomic mass is 10.0. The van der Waals surface area contributed by atoms with Crippen molar-refractivity contribution in [1.29, 1.82) is 0 Å². The van der Waals surface area contributed by atoms with E-state index in [1.807, 2.05) is 37.4 Å². The zero-order valence-corrected chi connectivity index (χ0v) is 16.6. The summed E-state index contributed by atoms with van der Waals surface area (Å²) >= 11 is 1.46. The molecule has 142 valence electrons. The fourth-order valence-electron chi connectivity index (χ4n) is 3.19. The van der Waals surface area contributed by atoms with E-state index in [0.717, 1.165) is 33.7 Å². The number of carbonyl (C=O) groups is 1. The molecule has 0 spiro atoms. The first-order valence-corrected chi connectivity index (χ1v) is 9.78. The maximum Gasteiger partial charge on any atom is 0.262 e. The highest BCUT2D eigenvalue weighted by molar-refractivity contribution is 7.17. The fraction of sp³-hybridized carbons (Fsp3) is 0.350. The molecule has 0 aliphatic carbocycles. The molecule has 0 aliphatic rings. The zero-order chi connectivity index (χ0) is 19.6. The second kappa shape index (κ2) is 7.92. The number of aryl methyl sites for hydroxylation is 2. The van der Waals surface area contributed by atoms with E-state index < -0.39 is 5.91 Å². The van der Waals surface area contributed by atoms with Gasteiger partial charge >= 0.3 is 0 Å². The summed E-state index contributed by atoms with van der Waals surface area (Å²) in [5.41, 5.74) is 7.97. The summed E-state index contributed by atoms with van der Waals surface area (Å²) in [6, 6.07) is 5.85. The third kappa shape index (κ3) is 3.73. The van der Waals surface area contributed by atoms with Crippen molar-refractivity contribution in [2.75, 3.05) is 7.11 Å². The molecule has 7 heteroatoms. The fourth-order valence-corrected chi connectivity index (χ4v) is 4.15. The summed E-state index contributed by atoms with van der Waals surface area (Å²) in [7, 11) is 1.64. The summed E-state index contributed by atoms with van der Waals surface area (Å²) < 4.78 is 6.93. The molecular formula is C20H23N3O3S. The highest BCUT2D eigenvalue weighted by atomic mass is 32.1. The van der Waals surface area contributed by atoms with Crippen LogP contribution in [0.2, 0.25) is 0 Å². The Morgan fingerprint density at radius 2 is 2.15 bits per heavy atom. The summed E-state index contributed by atoms with van der Waals surface area (Å²) in [6.07, 6.45) is 1.66. The average Bonchev–Trinajstić information content (AvgIpc) is 3.05. The molecular weight excluding hydrogens is 362 g/mol. The predicted octanol–water partition coefficient (Wildman–Crippen LogP) is 3.27. The van der Waals surface area contributed by atoms with Crippen molar-refractivity contribution in [2.45, 2.75) is 39.7 Å². The largest absolute Gasteiger partial charge is 0.496 e. The standard InChI is InChI=1S/C20H23N3O3S/c1-4-5-17-22-19-18(20(25)23(17)9-8-16(21)24)14(11-27-19)13-6-7-15(26-3)12(2)10-13/h6-7,10-11H,4-5,8-9H2,1-3H3,(H2,21,24). The minimum absolute atomic E-state index is 0.116. The number of nitrogens with zero attached hydrogens (tertiary/aromatic N) is 2. The highest BCUT2D eigenvalue weighted by Gasteiger charge is 2.17. The second-order valence-corrected chi connectivity index (χ2v) is 7.32. The van der Waals surface area contributed by atoms with Gasteiger partial charge in [-0.15, -0.1) is 11.3 Å². The Balaban J connectivity index is 2.19. The lowest BCUT2D eigenvalue weighted by Gasteiger charge is -2.12. The van der Waals surface area contributed by atoms with E-state index in [1.54, 1.807) is 11.7 Å². The highest BCUT2D eigenvalue weighted by Crippen LogP contribution is 2.33. The van der Waals surface area contributed by atoms with Crippen LogP contribution in [0.1, 0.15) is 31.2 Å². The number of nitrogens with two attached hydrogens (primary N) is 1. The van der Waals surface area contributed by atoms with Gasteiger partial charge in [0.15, 0.2) is 0 Å². The topological polar surface area (TPSA) is 87.2 Å². The summed E-state index contributed by atoms with van der Waals surface area (Å²) in [5.74, 6) is 1.08. The van der Waals surface area contributed by atoms with E-state index in [2.05, 4.69) is 0 Å². The summed E-state index contributed by atoms with van der Waals surface area (Å²) in [4.78, 5) is 29.9. The normalized spacial score (nSPS) is 11.1. The Bertz CT molecular complexity index is 1050. The van der Waals surface area contributed by atoms with Gasteiger partial charge in [-0.05, 0) is 36.6 Å². The van der Waals surface area contributed by atoms with Crippen LogP contribution >= 0.6 is 11.3 Å². The molecule has 3 rings (SSSR count). The molecule has 27 heavy (non-hydrogen) atoms. The molecule has 0 saturated carbocycles. The predicted molar refractivity (Wildman–Crippen MR) is 108 cm³/mol. The molecule has 0 atom stereocenters. The van der Waals surface area contributed by atoms with Crippen LogP contribution < -0.4 is 16.0 Å². The second-order valence-electron chi connectivity index (χ2n) is 6.47. The van der Waals surface area contributed by atoms with Gasteiger partial charge in [0.1, 0.15) is 16.4 Å². The van der Waals surface area contributed by atoms with Crippen molar-refractivity contribution >= 4 is 27.5 Å². The molecule has 0 bridgehead atoms. The molecule has 0 fully saturated rings. The quantitative estimate of drug-likeness (QED) is 0.676. The van der Waals surface area contributed by atoms with Crippen molar-refractivity contribution in [3.05, 3.63) is 45.3 Å². The Morgan fingerprint density at radius 3 is 2.78 bits per heavy atom. The van der Waals surface area contributed by atoms with E-state index in [1.165, 1.54) is 11.3 Å². The van der Waals surface area contributed by atoms with E-state index >= 15 is 0 Å². The molecule has 2 N–H and O–H groups in total. The maximum absolute atomic E-state index is 13.3. The first-order chi connectivity index (χ1) is 13.0. The minimum atomic E-state index is -0.430. The number of fused-ring (bicyclic) bond motifs is 1. The number of carbonyl (C=O) groups excluding carboxylic acids is 1. The number of methoxy groups -OCH3 is 1. The number of amides is 1. The van der Waals surface area contributed by atoms with E-state index in [9.17, 15) is 9.59 Å². The number of thiophene rings is 1. The molecule has 6 nitrogen and oxygen atoms in total. The smallest absolute Gasteiger partial charge is 0.262 e. The zero-order valence-electron chi connectivity index (χ0n) is 15.7. The lowest BCUT2D eigenvalue weighted by Crippen LogP contribution is -2.27. The van der Waals surface area contributed by atoms with E-state index in [-0.39, 0.29) is 18.5 Å². The van der Waals surface area contributed by atoms with Gasteiger partial charge < -0.3 is 10.5 Å². The monoisotopic (exact) mass is 385 g/mol. The van der Waals surface area contributed by atoms with Crippen molar-refractivity contribution in [2.24, 2.45) is 5.73 Å². The van der Waals surface area contributed by atoms with Crippen molar-refractivity contribution < 1.29 is 9.53 Å². The van der Waals surface area contributed by atoms with Gasteiger partial charge in [0.2, 0.25) is 5.91 Å². The number of rotatable bonds is 7. The van der Waals surface area contributed by atoms with Crippen LogP contribution in [0, 0.1) is 6.92 Å². The van der Waals surface area contributed by atoms with Gasteiger partial charge in [0.05, 0.1) is 12.5 Å². The van der Waals surface area contributed by atoms with Crippen LogP contribution in [0.25, 0.3) is 21.3 Å². The number of hydrogen-bond acceptors (Lipinski definition) is 5. The third-order valence-electron chi connectivity index (χ3n) is 4.53. The Kier molecular flexibility index (Phi) is 5.60. The van der Waals surface area contributed by atoms with Crippen LogP contribution in [0.4, 0.5) is 0 Å².